The van der Waals surface area contributed by atoms with Crippen molar-refractivity contribution in [1.82, 2.24) is 0 Å². The summed E-state index contributed by atoms with van der Waals surface area (Å²) in [7, 11) is 1.32. The standard InChI is InChI=1S/C24H25NO3S.C23H23NO3S/c1-5-28-23(27)19-10-9-18(21(15-19)25-16(2)26)8-6-17-7-11-22-20(14-17)24(3,4)12-13-29-22;1-15(25)24-20-14-18(22(26)27-4)9-8-17(20)7-5-16-6-10-21-19(13-16)23(2,3)11-12-28-21/h7,9-11,14-15H,5,12-13H2,1-4H3,(H,25,26);6,8-10,13-14H,11-12H2,1-4H3,(H,24,25). The van der Waals surface area contributed by atoms with Crippen molar-refractivity contribution >= 4 is 58.7 Å². The van der Waals surface area contributed by atoms with Crippen LogP contribution in [0.3, 0.4) is 0 Å². The first-order valence-electron chi connectivity index (χ1n) is 18.8. The van der Waals surface area contributed by atoms with Crippen LogP contribution in [0.15, 0.2) is 82.6 Å². The molecule has 0 fully saturated rings. The number of carbonyl (C=O) groups excluding carboxylic acids is 4. The molecule has 294 valence electrons. The molecule has 2 aliphatic rings. The topological polar surface area (TPSA) is 111 Å². The maximum atomic E-state index is 12.0. The van der Waals surface area contributed by atoms with E-state index in [0.717, 1.165) is 35.5 Å². The number of nitrogens with one attached hydrogen (secondary N) is 2. The fraction of sp³-hybridized carbons (Fsp3) is 0.319. The van der Waals surface area contributed by atoms with E-state index in [1.54, 1.807) is 43.3 Å². The number of hydrogen-bond acceptors (Lipinski definition) is 8. The van der Waals surface area contributed by atoms with Gasteiger partial charge in [0, 0.05) is 45.9 Å². The highest BCUT2D eigenvalue weighted by Gasteiger charge is 2.29. The Balaban J connectivity index is 0.000000218. The Morgan fingerprint density at radius 2 is 1.07 bits per heavy atom. The van der Waals surface area contributed by atoms with Gasteiger partial charge in [0.1, 0.15) is 0 Å². The molecule has 0 aromatic heterocycles. The van der Waals surface area contributed by atoms with Crippen LogP contribution in [0.5, 0.6) is 0 Å². The molecule has 4 aromatic rings. The molecule has 0 atom stereocenters. The first-order chi connectivity index (χ1) is 27.1. The lowest BCUT2D eigenvalue weighted by Crippen LogP contribution is -2.22. The third-order valence-corrected chi connectivity index (χ3v) is 11.8. The van der Waals surface area contributed by atoms with Gasteiger partial charge in [-0.05, 0) is 126 Å². The van der Waals surface area contributed by atoms with Gasteiger partial charge in [0.15, 0.2) is 0 Å². The molecule has 0 saturated carbocycles. The second-order valence-corrected chi connectivity index (χ2v) is 17.3. The highest BCUT2D eigenvalue weighted by Crippen LogP contribution is 2.42. The van der Waals surface area contributed by atoms with Gasteiger partial charge in [0.05, 0.1) is 36.2 Å². The quantitative estimate of drug-likeness (QED) is 0.152. The minimum absolute atomic E-state index is 0.140. The summed E-state index contributed by atoms with van der Waals surface area (Å²) >= 11 is 3.78. The minimum Gasteiger partial charge on any atom is -0.465 e. The fourth-order valence-corrected chi connectivity index (χ4v) is 9.36. The van der Waals surface area contributed by atoms with Gasteiger partial charge in [-0.25, -0.2) is 9.59 Å². The smallest absolute Gasteiger partial charge is 0.338 e. The average molecular weight is 801 g/mol. The largest absolute Gasteiger partial charge is 0.465 e. The molecule has 2 amide bonds. The van der Waals surface area contributed by atoms with E-state index in [2.05, 4.69) is 86.3 Å². The maximum Gasteiger partial charge on any atom is 0.338 e. The molecule has 2 heterocycles. The van der Waals surface area contributed by atoms with E-state index in [9.17, 15) is 19.2 Å². The highest BCUT2D eigenvalue weighted by molar-refractivity contribution is 7.99. The summed E-state index contributed by atoms with van der Waals surface area (Å²) in [5.74, 6) is 13.6. The molecule has 2 N–H and O–H groups in total. The van der Waals surface area contributed by atoms with Crippen molar-refractivity contribution < 1.29 is 28.7 Å². The number of anilines is 2. The number of amides is 2. The van der Waals surface area contributed by atoms with E-state index in [-0.39, 0.29) is 22.6 Å². The van der Waals surface area contributed by atoms with Crippen LogP contribution in [-0.4, -0.2) is 49.0 Å². The molecule has 6 rings (SSSR count). The Kier molecular flexibility index (Phi) is 14.0. The summed E-state index contributed by atoms with van der Waals surface area (Å²) in [6, 6.07) is 22.6. The van der Waals surface area contributed by atoms with Crippen LogP contribution in [0, 0.1) is 23.7 Å². The lowest BCUT2D eigenvalue weighted by molar-refractivity contribution is -0.115. The number of methoxy groups -OCH3 is 1. The Morgan fingerprint density at radius 3 is 1.47 bits per heavy atom. The zero-order valence-electron chi connectivity index (χ0n) is 33.7. The molecule has 0 spiro atoms. The van der Waals surface area contributed by atoms with E-state index < -0.39 is 11.9 Å². The number of esters is 2. The number of benzene rings is 4. The summed E-state index contributed by atoms with van der Waals surface area (Å²) in [6.45, 7) is 14.0. The third kappa shape index (κ3) is 11.1. The second-order valence-electron chi connectivity index (χ2n) is 15.0. The van der Waals surface area contributed by atoms with Crippen molar-refractivity contribution in [1.29, 1.82) is 0 Å². The summed E-state index contributed by atoms with van der Waals surface area (Å²) in [6.07, 6.45) is 2.28. The number of thioether (sulfide) groups is 2. The first kappa shape index (κ1) is 42.7. The molecule has 10 heteroatoms. The van der Waals surface area contributed by atoms with E-state index >= 15 is 0 Å². The Bertz CT molecular complexity index is 2340. The van der Waals surface area contributed by atoms with E-state index in [0.29, 0.717) is 40.2 Å². The van der Waals surface area contributed by atoms with Gasteiger partial charge >= 0.3 is 11.9 Å². The number of fused-ring (bicyclic) bond motifs is 2. The molecule has 0 radical (unpaired) electrons. The van der Waals surface area contributed by atoms with Gasteiger partial charge in [-0.2, -0.15) is 0 Å². The number of ether oxygens (including phenoxy) is 2. The number of hydrogen-bond donors (Lipinski definition) is 2. The van der Waals surface area contributed by atoms with Gasteiger partial charge in [0.2, 0.25) is 11.8 Å². The Labute approximate surface area is 344 Å². The van der Waals surface area contributed by atoms with Crippen molar-refractivity contribution in [2.45, 2.75) is 81.9 Å². The van der Waals surface area contributed by atoms with Crippen molar-refractivity contribution in [2.75, 3.05) is 35.9 Å². The van der Waals surface area contributed by atoms with Crippen LogP contribution in [0.4, 0.5) is 11.4 Å². The van der Waals surface area contributed by atoms with Crippen LogP contribution < -0.4 is 10.6 Å². The van der Waals surface area contributed by atoms with Gasteiger partial charge < -0.3 is 20.1 Å². The zero-order valence-corrected chi connectivity index (χ0v) is 35.4. The van der Waals surface area contributed by atoms with Crippen LogP contribution >= 0.6 is 23.5 Å². The Morgan fingerprint density at radius 1 is 0.632 bits per heavy atom. The second kappa shape index (κ2) is 18.7. The molecule has 8 nitrogen and oxygen atoms in total. The molecule has 2 aliphatic heterocycles. The SMILES string of the molecule is CCOC(=O)c1ccc(C#Cc2ccc3c(c2)C(C)(C)CCS3)c(NC(C)=O)c1.COC(=O)c1ccc(C#Cc2ccc3c(c2)C(C)(C)CCS3)c(NC(C)=O)c1. The normalized spacial score (nSPS) is 14.2. The molecule has 0 saturated heterocycles. The lowest BCUT2D eigenvalue weighted by Gasteiger charge is -2.32. The van der Waals surface area contributed by atoms with Gasteiger partial charge in [-0.3, -0.25) is 9.59 Å². The fourth-order valence-electron chi connectivity index (χ4n) is 6.38. The summed E-state index contributed by atoms with van der Waals surface area (Å²) in [5, 5.41) is 5.50. The van der Waals surface area contributed by atoms with Crippen molar-refractivity contribution in [3.8, 4) is 23.7 Å². The van der Waals surface area contributed by atoms with Crippen molar-refractivity contribution in [3.05, 3.63) is 117 Å². The average Bonchev–Trinajstić information content (AvgIpc) is 3.16. The van der Waals surface area contributed by atoms with Gasteiger partial charge in [-0.1, -0.05) is 51.4 Å². The predicted molar refractivity (Wildman–Crippen MR) is 230 cm³/mol. The first-order valence-corrected chi connectivity index (χ1v) is 20.7. The lowest BCUT2D eigenvalue weighted by atomic mass is 9.81. The zero-order chi connectivity index (χ0) is 41.3. The van der Waals surface area contributed by atoms with Gasteiger partial charge in [-0.15, -0.1) is 23.5 Å². The van der Waals surface area contributed by atoms with Crippen LogP contribution in [0.1, 0.15) is 115 Å². The molecular formula is C47H48N2O6S2. The third-order valence-electron chi connectivity index (χ3n) is 9.66. The molecule has 0 bridgehead atoms. The Hall–Kier alpha value is -5.42. The molecule has 0 aliphatic carbocycles. The maximum absolute atomic E-state index is 12.0. The summed E-state index contributed by atoms with van der Waals surface area (Å²) < 4.78 is 9.79. The van der Waals surface area contributed by atoms with Crippen LogP contribution in [-0.2, 0) is 29.9 Å². The van der Waals surface area contributed by atoms with E-state index in [1.807, 2.05) is 35.7 Å². The molecule has 0 unspecified atom stereocenters. The number of rotatable bonds is 5. The summed E-state index contributed by atoms with van der Waals surface area (Å²) in [4.78, 5) is 49.6. The molecular weight excluding hydrogens is 753 g/mol. The van der Waals surface area contributed by atoms with Crippen molar-refractivity contribution in [2.24, 2.45) is 0 Å². The van der Waals surface area contributed by atoms with Crippen LogP contribution in [0.25, 0.3) is 0 Å². The van der Waals surface area contributed by atoms with Crippen molar-refractivity contribution in [3.63, 3.8) is 0 Å². The molecule has 57 heavy (non-hydrogen) atoms. The highest BCUT2D eigenvalue weighted by atomic mass is 32.2. The monoisotopic (exact) mass is 800 g/mol. The minimum atomic E-state index is -0.458. The predicted octanol–water partition coefficient (Wildman–Crippen LogP) is 9.60. The van der Waals surface area contributed by atoms with Crippen LogP contribution in [0.2, 0.25) is 0 Å². The number of carbonyl (C=O) groups is 4. The summed E-state index contributed by atoms with van der Waals surface area (Å²) in [5.41, 5.74) is 7.86. The van der Waals surface area contributed by atoms with E-state index in [4.69, 9.17) is 9.47 Å². The van der Waals surface area contributed by atoms with E-state index in [1.165, 1.54) is 41.9 Å². The van der Waals surface area contributed by atoms with Gasteiger partial charge in [0.25, 0.3) is 0 Å². The molecule has 4 aromatic carbocycles.